The van der Waals surface area contributed by atoms with Crippen molar-refractivity contribution in [3.63, 3.8) is 0 Å². The molecule has 7 heteroatoms. The van der Waals surface area contributed by atoms with Gasteiger partial charge in [0.2, 0.25) is 5.95 Å². The van der Waals surface area contributed by atoms with Crippen LogP contribution in [0.5, 0.6) is 0 Å². The summed E-state index contributed by atoms with van der Waals surface area (Å²) in [6, 6.07) is 12.0. The lowest BCUT2D eigenvalue weighted by atomic mass is 10.1. The van der Waals surface area contributed by atoms with Crippen LogP contribution in [0.25, 0.3) is 0 Å². The molecule has 3 aromatic rings. The Balaban J connectivity index is 1.37. The van der Waals surface area contributed by atoms with E-state index in [1.54, 1.807) is 18.6 Å². The van der Waals surface area contributed by atoms with Crippen LogP contribution in [0.3, 0.4) is 0 Å². The van der Waals surface area contributed by atoms with Crippen molar-refractivity contribution in [3.05, 3.63) is 71.7 Å². The summed E-state index contributed by atoms with van der Waals surface area (Å²) < 4.78 is 0. The lowest BCUT2D eigenvalue weighted by Gasteiger charge is -2.35. The van der Waals surface area contributed by atoms with Gasteiger partial charge in [0.1, 0.15) is 5.82 Å². The van der Waals surface area contributed by atoms with Crippen LogP contribution in [0.15, 0.2) is 55.0 Å². The number of nitrogens with zero attached hydrogens (tertiary/aromatic N) is 5. The van der Waals surface area contributed by atoms with Gasteiger partial charge in [-0.25, -0.2) is 15.0 Å². The number of rotatable bonds is 4. The standard InChI is InChI=1S/C22H24N6O/c1-16-6-7-19(17(2)13-16)26-22-24-14-18(15-25-22)21(29)28-11-9-27(10-12-28)20-5-3-4-8-23-20/h3-8,13-15H,9-12H2,1-2H3,(H,24,25,26). The van der Waals surface area contributed by atoms with Crippen molar-refractivity contribution in [2.75, 3.05) is 36.4 Å². The first-order valence-corrected chi connectivity index (χ1v) is 9.72. The van der Waals surface area contributed by atoms with Gasteiger partial charge in [-0.15, -0.1) is 0 Å². The Bertz CT molecular complexity index is 982. The monoisotopic (exact) mass is 388 g/mol. The number of carbonyl (C=O) groups is 1. The summed E-state index contributed by atoms with van der Waals surface area (Å²) in [5.74, 6) is 1.39. The van der Waals surface area contributed by atoms with E-state index in [0.29, 0.717) is 24.6 Å². The summed E-state index contributed by atoms with van der Waals surface area (Å²) in [5, 5.41) is 3.21. The summed E-state index contributed by atoms with van der Waals surface area (Å²) in [5.41, 5.74) is 3.79. The largest absolute Gasteiger partial charge is 0.353 e. The Hall–Kier alpha value is -3.48. The molecule has 148 valence electrons. The van der Waals surface area contributed by atoms with Crippen LogP contribution in [0.2, 0.25) is 0 Å². The van der Waals surface area contributed by atoms with Gasteiger partial charge in [0.25, 0.3) is 5.91 Å². The van der Waals surface area contributed by atoms with Gasteiger partial charge in [0, 0.05) is 50.5 Å². The van der Waals surface area contributed by atoms with Gasteiger partial charge in [0.05, 0.1) is 5.56 Å². The number of aryl methyl sites for hydroxylation is 2. The van der Waals surface area contributed by atoms with Crippen molar-refractivity contribution in [1.82, 2.24) is 19.9 Å². The number of anilines is 3. The van der Waals surface area contributed by atoms with E-state index in [1.165, 1.54) is 5.56 Å². The van der Waals surface area contributed by atoms with Gasteiger partial charge in [-0.1, -0.05) is 23.8 Å². The second-order valence-electron chi connectivity index (χ2n) is 7.21. The highest BCUT2D eigenvalue weighted by Gasteiger charge is 2.23. The zero-order valence-corrected chi connectivity index (χ0v) is 16.7. The van der Waals surface area contributed by atoms with Gasteiger partial charge >= 0.3 is 0 Å². The van der Waals surface area contributed by atoms with Crippen LogP contribution >= 0.6 is 0 Å². The van der Waals surface area contributed by atoms with Crippen LogP contribution < -0.4 is 10.2 Å². The number of nitrogens with one attached hydrogen (secondary N) is 1. The fourth-order valence-electron chi connectivity index (χ4n) is 3.44. The number of piperazine rings is 1. The first kappa shape index (κ1) is 18.9. The summed E-state index contributed by atoms with van der Waals surface area (Å²) in [7, 11) is 0. The highest BCUT2D eigenvalue weighted by Crippen LogP contribution is 2.19. The minimum atomic E-state index is -0.0382. The van der Waals surface area contributed by atoms with Crippen molar-refractivity contribution >= 4 is 23.4 Å². The third-order valence-electron chi connectivity index (χ3n) is 5.07. The molecule has 2 aromatic heterocycles. The molecule has 0 saturated carbocycles. The van der Waals surface area contributed by atoms with E-state index in [4.69, 9.17) is 0 Å². The lowest BCUT2D eigenvalue weighted by molar-refractivity contribution is 0.0745. The van der Waals surface area contributed by atoms with E-state index in [2.05, 4.69) is 38.2 Å². The maximum atomic E-state index is 12.8. The molecule has 1 N–H and O–H groups in total. The smallest absolute Gasteiger partial charge is 0.257 e. The third kappa shape index (κ3) is 4.34. The Kier molecular flexibility index (Phi) is 5.37. The molecule has 7 nitrogen and oxygen atoms in total. The van der Waals surface area contributed by atoms with Crippen LogP contribution in [-0.2, 0) is 0 Å². The maximum Gasteiger partial charge on any atom is 0.257 e. The third-order valence-corrected chi connectivity index (χ3v) is 5.07. The molecule has 1 amide bonds. The van der Waals surface area contributed by atoms with Crippen molar-refractivity contribution in [1.29, 1.82) is 0 Å². The first-order chi connectivity index (χ1) is 14.1. The average molecular weight is 388 g/mol. The molecule has 1 fully saturated rings. The molecule has 3 heterocycles. The van der Waals surface area contributed by atoms with Gasteiger partial charge in [-0.3, -0.25) is 4.79 Å². The minimum absolute atomic E-state index is 0.0382. The quantitative estimate of drug-likeness (QED) is 0.740. The van der Waals surface area contributed by atoms with Gasteiger partial charge in [0.15, 0.2) is 0 Å². The van der Waals surface area contributed by atoms with Crippen molar-refractivity contribution in [2.45, 2.75) is 13.8 Å². The Morgan fingerprint density at radius 2 is 1.72 bits per heavy atom. The predicted molar refractivity (Wildman–Crippen MR) is 114 cm³/mol. The molecule has 29 heavy (non-hydrogen) atoms. The maximum absolute atomic E-state index is 12.8. The molecule has 0 atom stereocenters. The lowest BCUT2D eigenvalue weighted by Crippen LogP contribution is -2.49. The first-order valence-electron chi connectivity index (χ1n) is 9.72. The zero-order chi connectivity index (χ0) is 20.2. The zero-order valence-electron chi connectivity index (χ0n) is 16.7. The summed E-state index contributed by atoms with van der Waals surface area (Å²) in [6.07, 6.45) is 4.97. The average Bonchev–Trinajstić information content (AvgIpc) is 2.76. The SMILES string of the molecule is Cc1ccc(Nc2ncc(C(=O)N3CCN(c4ccccn4)CC3)cn2)c(C)c1. The number of benzene rings is 1. The molecule has 1 aromatic carbocycles. The van der Waals surface area contributed by atoms with E-state index < -0.39 is 0 Å². The predicted octanol–water partition coefficient (Wildman–Crippen LogP) is 3.19. The fraction of sp³-hybridized carbons (Fsp3) is 0.273. The molecule has 4 rings (SSSR count). The summed E-state index contributed by atoms with van der Waals surface area (Å²) in [6.45, 7) is 6.92. The van der Waals surface area contributed by atoms with E-state index in [9.17, 15) is 4.79 Å². The van der Waals surface area contributed by atoms with Crippen molar-refractivity contribution < 1.29 is 4.79 Å². The van der Waals surface area contributed by atoms with E-state index in [-0.39, 0.29) is 5.91 Å². The van der Waals surface area contributed by atoms with Gasteiger partial charge in [-0.05, 0) is 37.6 Å². The van der Waals surface area contributed by atoms with Crippen molar-refractivity contribution in [2.24, 2.45) is 0 Å². The Labute approximate surface area is 170 Å². The second-order valence-corrected chi connectivity index (χ2v) is 7.21. The number of hydrogen-bond donors (Lipinski definition) is 1. The van der Waals surface area contributed by atoms with Gasteiger partial charge < -0.3 is 15.1 Å². The van der Waals surface area contributed by atoms with Crippen molar-refractivity contribution in [3.8, 4) is 0 Å². The van der Waals surface area contributed by atoms with Crippen LogP contribution in [0.4, 0.5) is 17.5 Å². The normalized spacial score (nSPS) is 14.0. The van der Waals surface area contributed by atoms with Gasteiger partial charge in [-0.2, -0.15) is 0 Å². The number of amides is 1. The molecule has 1 aliphatic rings. The minimum Gasteiger partial charge on any atom is -0.353 e. The molecule has 1 aliphatic heterocycles. The molecular formula is C22H24N6O. The highest BCUT2D eigenvalue weighted by atomic mass is 16.2. The Morgan fingerprint density at radius 3 is 2.38 bits per heavy atom. The van der Waals surface area contributed by atoms with E-state index >= 15 is 0 Å². The molecule has 0 radical (unpaired) electrons. The number of aromatic nitrogens is 3. The van der Waals surface area contributed by atoms with E-state index in [1.807, 2.05) is 42.2 Å². The van der Waals surface area contributed by atoms with E-state index in [0.717, 1.165) is 30.2 Å². The molecule has 0 bridgehead atoms. The topological polar surface area (TPSA) is 74.2 Å². The summed E-state index contributed by atoms with van der Waals surface area (Å²) >= 11 is 0. The molecule has 0 aliphatic carbocycles. The highest BCUT2D eigenvalue weighted by molar-refractivity contribution is 5.93. The van der Waals surface area contributed by atoms with Crippen LogP contribution in [0, 0.1) is 13.8 Å². The number of hydrogen-bond acceptors (Lipinski definition) is 6. The summed E-state index contributed by atoms with van der Waals surface area (Å²) in [4.78, 5) is 29.9. The number of carbonyl (C=O) groups excluding carboxylic acids is 1. The Morgan fingerprint density at radius 1 is 0.966 bits per heavy atom. The molecule has 0 unspecified atom stereocenters. The molecule has 0 spiro atoms. The second kappa shape index (κ2) is 8.26. The fourth-order valence-corrected chi connectivity index (χ4v) is 3.44. The number of pyridine rings is 1. The van der Waals surface area contributed by atoms with Crippen LogP contribution in [0.1, 0.15) is 21.5 Å². The molecule has 1 saturated heterocycles. The van der Waals surface area contributed by atoms with Crippen LogP contribution in [-0.4, -0.2) is 51.9 Å². The molecular weight excluding hydrogens is 364 g/mol.